The maximum absolute atomic E-state index is 11.2. The van der Waals surface area contributed by atoms with E-state index in [2.05, 4.69) is 50.0 Å². The van der Waals surface area contributed by atoms with Crippen LogP contribution in [0.25, 0.3) is 0 Å². The van der Waals surface area contributed by atoms with Crippen LogP contribution in [0.4, 0.5) is 5.69 Å². The van der Waals surface area contributed by atoms with Crippen molar-refractivity contribution in [3.63, 3.8) is 0 Å². The van der Waals surface area contributed by atoms with Crippen molar-refractivity contribution in [3.05, 3.63) is 99.9 Å². The van der Waals surface area contributed by atoms with E-state index in [0.717, 1.165) is 30.1 Å². The zero-order chi connectivity index (χ0) is 22.8. The molecule has 4 rings (SSSR count). The first-order chi connectivity index (χ1) is 15.3. The summed E-state index contributed by atoms with van der Waals surface area (Å²) >= 11 is 0. The summed E-state index contributed by atoms with van der Waals surface area (Å²) in [5.41, 5.74) is 3.41. The van der Waals surface area contributed by atoms with Crippen LogP contribution in [0.15, 0.2) is 72.9 Å². The van der Waals surface area contributed by atoms with Crippen molar-refractivity contribution in [1.82, 2.24) is 4.98 Å². The zero-order valence-electron chi connectivity index (χ0n) is 19.0. The van der Waals surface area contributed by atoms with Gasteiger partial charge in [0.1, 0.15) is 0 Å². The average Bonchev–Trinajstić information content (AvgIpc) is 2.79. The van der Waals surface area contributed by atoms with Gasteiger partial charge in [0.05, 0.1) is 11.0 Å². The van der Waals surface area contributed by atoms with Crippen molar-refractivity contribution >= 4 is 19.2 Å². The third-order valence-electron chi connectivity index (χ3n) is 6.58. The lowest BCUT2D eigenvalue weighted by Crippen LogP contribution is -2.61. The Morgan fingerprint density at radius 1 is 1.06 bits per heavy atom. The van der Waals surface area contributed by atoms with Crippen molar-refractivity contribution < 1.29 is 9.35 Å². The van der Waals surface area contributed by atoms with E-state index in [0.29, 0.717) is 6.42 Å². The minimum absolute atomic E-state index is 0.00728. The van der Waals surface area contributed by atoms with Crippen LogP contribution in [0.2, 0.25) is 11.1 Å². The van der Waals surface area contributed by atoms with Crippen molar-refractivity contribution in [2.24, 2.45) is 0 Å². The minimum Gasteiger partial charge on any atom is -0.405 e. The first-order valence-electron chi connectivity index (χ1n) is 11.2. The summed E-state index contributed by atoms with van der Waals surface area (Å²) in [5, 5.41) is 12.6. The summed E-state index contributed by atoms with van der Waals surface area (Å²) in [5.74, 6) is 0. The number of nitro groups is 1. The van der Waals surface area contributed by atoms with Crippen molar-refractivity contribution in [1.29, 1.82) is 0 Å². The van der Waals surface area contributed by atoms with Crippen LogP contribution in [0.5, 0.6) is 0 Å². The van der Waals surface area contributed by atoms with Crippen molar-refractivity contribution in [3.8, 4) is 0 Å². The first kappa shape index (κ1) is 22.4. The van der Waals surface area contributed by atoms with E-state index in [-0.39, 0.29) is 21.8 Å². The van der Waals surface area contributed by atoms with Gasteiger partial charge in [0, 0.05) is 30.4 Å². The smallest absolute Gasteiger partial charge is 0.269 e. The van der Waals surface area contributed by atoms with Gasteiger partial charge < -0.3 is 4.43 Å². The molecule has 0 spiro atoms. The molecule has 0 aliphatic carbocycles. The molecular formula is C26H30N2O3Si. The van der Waals surface area contributed by atoms with E-state index in [1.165, 1.54) is 10.8 Å². The van der Waals surface area contributed by atoms with Gasteiger partial charge in [-0.15, -0.1) is 0 Å². The normalized spacial score (nSPS) is 19.2. The molecule has 0 N–H and O–H groups in total. The van der Waals surface area contributed by atoms with E-state index in [1.807, 2.05) is 30.3 Å². The predicted octanol–water partition coefficient (Wildman–Crippen LogP) is 5.89. The number of rotatable bonds is 6. The predicted molar refractivity (Wildman–Crippen MR) is 130 cm³/mol. The lowest BCUT2D eigenvalue weighted by Gasteiger charge is -2.48. The van der Waals surface area contributed by atoms with Gasteiger partial charge in [0.2, 0.25) is 8.32 Å². The number of hydrogen-bond acceptors (Lipinski definition) is 4. The van der Waals surface area contributed by atoms with E-state index in [4.69, 9.17) is 4.43 Å². The van der Waals surface area contributed by atoms with Gasteiger partial charge in [-0.05, 0) is 64.5 Å². The Balaban J connectivity index is 1.79. The number of nitrogens with zero attached hydrogens (tertiary/aromatic N) is 2. The Morgan fingerprint density at radius 3 is 2.44 bits per heavy atom. The molecule has 2 aromatic carbocycles. The molecule has 166 valence electrons. The van der Waals surface area contributed by atoms with E-state index in [1.54, 1.807) is 18.3 Å². The summed E-state index contributed by atoms with van der Waals surface area (Å²) in [4.78, 5) is 15.4. The van der Waals surface area contributed by atoms with Crippen LogP contribution in [0, 0.1) is 10.1 Å². The maximum atomic E-state index is 11.2. The fraction of sp³-hybridized carbons (Fsp3) is 0.346. The van der Waals surface area contributed by atoms with Crippen molar-refractivity contribution in [2.75, 3.05) is 0 Å². The number of benzene rings is 2. The molecule has 0 bridgehead atoms. The molecule has 5 nitrogen and oxygen atoms in total. The van der Waals surface area contributed by atoms with E-state index in [9.17, 15) is 10.1 Å². The molecule has 0 saturated heterocycles. The number of non-ortho nitro benzene ring substituents is 1. The standard InChI is InChI=1S/C26H30N2O3Si/c1-26(2,3)32(18-8-10-21-9-4-5-12-25(21)32)31-24(19-22-11-6-7-17-27-22)20-13-15-23(16-14-20)28(29)30/h4-7,9,11-17,24H,8,10,18-19H2,1-3H3/t24-,32?/m0/s1. The van der Waals surface area contributed by atoms with Crippen LogP contribution >= 0.6 is 0 Å². The molecule has 0 radical (unpaired) electrons. The molecule has 3 aromatic rings. The van der Waals surface area contributed by atoms with E-state index >= 15 is 0 Å². The quantitative estimate of drug-likeness (QED) is 0.269. The topological polar surface area (TPSA) is 65.3 Å². The third kappa shape index (κ3) is 4.38. The second-order valence-electron chi connectivity index (χ2n) is 9.57. The number of pyridine rings is 1. The fourth-order valence-corrected chi connectivity index (χ4v) is 9.76. The van der Waals surface area contributed by atoms with Gasteiger partial charge in [0.15, 0.2) is 0 Å². The summed E-state index contributed by atoms with van der Waals surface area (Å²) in [6, 6.07) is 22.6. The Kier molecular flexibility index (Phi) is 6.26. The highest BCUT2D eigenvalue weighted by Crippen LogP contribution is 2.46. The van der Waals surface area contributed by atoms with Gasteiger partial charge in [-0.3, -0.25) is 15.1 Å². The lowest BCUT2D eigenvalue weighted by atomic mass is 10.0. The number of aromatic nitrogens is 1. The highest BCUT2D eigenvalue weighted by Gasteiger charge is 2.51. The second-order valence-corrected chi connectivity index (χ2v) is 14.0. The summed E-state index contributed by atoms with van der Waals surface area (Å²) < 4.78 is 7.29. The molecule has 0 amide bonds. The molecule has 2 heterocycles. The minimum atomic E-state index is -2.40. The summed E-state index contributed by atoms with van der Waals surface area (Å²) in [6.07, 6.45) is 4.42. The van der Waals surface area contributed by atoms with E-state index < -0.39 is 8.32 Å². The zero-order valence-corrected chi connectivity index (χ0v) is 20.0. The lowest BCUT2D eigenvalue weighted by molar-refractivity contribution is -0.384. The Morgan fingerprint density at radius 2 is 1.78 bits per heavy atom. The highest BCUT2D eigenvalue weighted by molar-refractivity contribution is 6.89. The van der Waals surface area contributed by atoms with Gasteiger partial charge in [-0.25, -0.2) is 0 Å². The van der Waals surface area contributed by atoms with Crippen LogP contribution in [0.1, 0.15) is 50.1 Å². The SMILES string of the molecule is CC(C)(C)[Si]1(O[C@@H](Cc2ccccn2)c2ccc([N+](=O)[O-])cc2)CCCc2ccccc21. The number of aryl methyl sites for hydroxylation is 1. The average molecular weight is 447 g/mol. The molecule has 1 aliphatic heterocycles. The first-order valence-corrected chi connectivity index (χ1v) is 13.3. The van der Waals surface area contributed by atoms with Crippen LogP contribution in [-0.2, 0) is 17.3 Å². The third-order valence-corrected chi connectivity index (χ3v) is 12.1. The molecule has 2 atom stereocenters. The molecule has 6 heteroatoms. The molecule has 0 saturated carbocycles. The second kappa shape index (κ2) is 8.96. The van der Waals surface area contributed by atoms with Gasteiger partial charge in [-0.1, -0.05) is 51.1 Å². The number of hydrogen-bond donors (Lipinski definition) is 0. The Labute approximate surface area is 190 Å². The Bertz CT molecular complexity index is 1080. The van der Waals surface area contributed by atoms with Gasteiger partial charge in [-0.2, -0.15) is 0 Å². The van der Waals surface area contributed by atoms with Gasteiger partial charge >= 0.3 is 0 Å². The maximum Gasteiger partial charge on any atom is 0.269 e. The largest absolute Gasteiger partial charge is 0.405 e. The molecule has 1 aliphatic rings. The monoisotopic (exact) mass is 446 g/mol. The van der Waals surface area contributed by atoms with Crippen LogP contribution in [0.3, 0.4) is 0 Å². The highest BCUT2D eigenvalue weighted by atomic mass is 28.4. The molecular weight excluding hydrogens is 416 g/mol. The summed E-state index contributed by atoms with van der Waals surface area (Å²) in [7, 11) is -2.40. The molecule has 1 unspecified atom stereocenters. The fourth-order valence-electron chi connectivity index (χ4n) is 4.86. The molecule has 32 heavy (non-hydrogen) atoms. The molecule has 1 aromatic heterocycles. The van der Waals surface area contributed by atoms with Gasteiger partial charge in [0.25, 0.3) is 5.69 Å². The number of fused-ring (bicyclic) bond motifs is 1. The molecule has 0 fully saturated rings. The Hall–Kier alpha value is -2.83. The van der Waals surface area contributed by atoms with Crippen LogP contribution < -0.4 is 5.19 Å². The van der Waals surface area contributed by atoms with Crippen molar-refractivity contribution in [2.45, 2.75) is 57.2 Å². The van der Waals surface area contributed by atoms with Crippen LogP contribution in [-0.4, -0.2) is 18.2 Å². The number of nitro benzene ring substituents is 1. The summed E-state index contributed by atoms with van der Waals surface area (Å²) in [6.45, 7) is 6.90.